The maximum absolute atomic E-state index is 13.3. The van der Waals surface area contributed by atoms with Crippen LogP contribution < -0.4 is 10.2 Å². The van der Waals surface area contributed by atoms with Crippen molar-refractivity contribution in [2.75, 3.05) is 37.6 Å². The Balaban J connectivity index is 0.000000468. The molecule has 2 atom stereocenters. The molecule has 1 N–H and O–H groups in total. The van der Waals surface area contributed by atoms with Gasteiger partial charge in [-0.3, -0.25) is 4.79 Å². The van der Waals surface area contributed by atoms with Gasteiger partial charge < -0.3 is 20.0 Å². The fourth-order valence-electron chi connectivity index (χ4n) is 6.46. The first-order valence-corrected chi connectivity index (χ1v) is 17.2. The van der Waals surface area contributed by atoms with Crippen molar-refractivity contribution < 1.29 is 9.59 Å². The van der Waals surface area contributed by atoms with Crippen LogP contribution in [0.3, 0.4) is 0 Å². The molecule has 0 bridgehead atoms. The van der Waals surface area contributed by atoms with Gasteiger partial charge in [-0.15, -0.1) is 0 Å². The smallest absolute Gasteiger partial charge is 0.317 e. The van der Waals surface area contributed by atoms with E-state index in [-0.39, 0.29) is 29.9 Å². The molecule has 45 heavy (non-hydrogen) atoms. The molecule has 2 aliphatic heterocycles. The van der Waals surface area contributed by atoms with E-state index < -0.39 is 0 Å². The Morgan fingerprint density at radius 3 is 2.27 bits per heavy atom. The number of nitrogens with one attached hydrogen (secondary N) is 1. The number of urea groups is 1. The second kappa shape index (κ2) is 19.2. The van der Waals surface area contributed by atoms with Gasteiger partial charge >= 0.3 is 6.03 Å². The minimum Gasteiger partial charge on any atom is -0.331 e. The summed E-state index contributed by atoms with van der Waals surface area (Å²) in [5.74, 6) is 0.179. The molecule has 246 valence electrons. The SMILES string of the molecule is C/C=C\C=C/C(C)C(NC(=O)N1CCC(N(C(C)=O)c2ccc(C)cc2C)CC1)c1ccccc1.CCCCN1CCCCC1. The van der Waals surface area contributed by atoms with Gasteiger partial charge in [0.2, 0.25) is 5.91 Å². The van der Waals surface area contributed by atoms with Gasteiger partial charge in [-0.25, -0.2) is 4.79 Å². The number of hydrogen-bond donors (Lipinski definition) is 1. The zero-order valence-corrected chi connectivity index (χ0v) is 28.8. The molecule has 6 heteroatoms. The van der Waals surface area contributed by atoms with Crippen LogP contribution in [-0.2, 0) is 4.79 Å². The van der Waals surface area contributed by atoms with Gasteiger partial charge in [-0.1, -0.05) is 99.0 Å². The summed E-state index contributed by atoms with van der Waals surface area (Å²) in [7, 11) is 0. The number of aryl methyl sites for hydroxylation is 2. The van der Waals surface area contributed by atoms with Crippen molar-refractivity contribution in [1.29, 1.82) is 0 Å². The van der Waals surface area contributed by atoms with Crippen LogP contribution in [0.25, 0.3) is 0 Å². The molecule has 2 aromatic carbocycles. The van der Waals surface area contributed by atoms with E-state index in [1.807, 2.05) is 59.2 Å². The van der Waals surface area contributed by atoms with Crippen molar-refractivity contribution in [2.24, 2.45) is 5.92 Å². The quantitative estimate of drug-likeness (QED) is 0.273. The second-order valence-electron chi connectivity index (χ2n) is 12.8. The zero-order chi connectivity index (χ0) is 32.6. The molecule has 2 unspecified atom stereocenters. The lowest BCUT2D eigenvalue weighted by Crippen LogP contribution is -2.51. The van der Waals surface area contributed by atoms with Crippen LogP contribution in [0.15, 0.2) is 72.8 Å². The van der Waals surface area contributed by atoms with Crippen molar-refractivity contribution in [3.8, 4) is 0 Å². The number of unbranched alkanes of at least 4 members (excludes halogenated alkanes) is 1. The van der Waals surface area contributed by atoms with E-state index in [9.17, 15) is 9.59 Å². The van der Waals surface area contributed by atoms with Crippen molar-refractivity contribution in [3.05, 3.63) is 89.5 Å². The Hall–Kier alpha value is -3.38. The average molecular weight is 615 g/mol. The van der Waals surface area contributed by atoms with E-state index in [0.717, 1.165) is 29.7 Å². The predicted molar refractivity (Wildman–Crippen MR) is 190 cm³/mol. The minimum atomic E-state index is -0.119. The largest absolute Gasteiger partial charge is 0.331 e. The summed E-state index contributed by atoms with van der Waals surface area (Å²) in [4.78, 5) is 32.3. The Bertz CT molecular complexity index is 1230. The maximum atomic E-state index is 13.3. The molecule has 0 aromatic heterocycles. The highest BCUT2D eigenvalue weighted by Crippen LogP contribution is 2.29. The minimum absolute atomic E-state index is 0.0470. The molecule has 2 fully saturated rings. The summed E-state index contributed by atoms with van der Waals surface area (Å²) in [5.41, 5.74) is 4.35. The molecule has 2 aromatic rings. The van der Waals surface area contributed by atoms with Crippen LogP contribution in [-0.4, -0.2) is 60.5 Å². The van der Waals surface area contributed by atoms with Gasteiger partial charge in [-0.2, -0.15) is 0 Å². The second-order valence-corrected chi connectivity index (χ2v) is 12.8. The molecule has 2 aliphatic rings. The van der Waals surface area contributed by atoms with Crippen molar-refractivity contribution >= 4 is 17.6 Å². The molecular weight excluding hydrogens is 556 g/mol. The molecule has 0 saturated carbocycles. The number of anilines is 1. The van der Waals surface area contributed by atoms with E-state index in [1.54, 1.807) is 6.92 Å². The highest BCUT2D eigenvalue weighted by atomic mass is 16.2. The number of nitrogens with zero attached hydrogens (tertiary/aromatic N) is 3. The fourth-order valence-corrected chi connectivity index (χ4v) is 6.46. The summed E-state index contributed by atoms with van der Waals surface area (Å²) in [6, 6.07) is 16.2. The van der Waals surface area contributed by atoms with Gasteiger partial charge in [-0.05, 0) is 95.6 Å². The Labute approximate surface area is 273 Å². The number of amides is 3. The van der Waals surface area contributed by atoms with Crippen LogP contribution in [0, 0.1) is 19.8 Å². The van der Waals surface area contributed by atoms with Gasteiger partial charge in [0.05, 0.1) is 6.04 Å². The van der Waals surface area contributed by atoms with E-state index in [0.29, 0.717) is 13.1 Å². The number of benzene rings is 2. The number of carbonyl (C=O) groups excluding carboxylic acids is 2. The zero-order valence-electron chi connectivity index (χ0n) is 28.8. The number of rotatable bonds is 10. The first-order chi connectivity index (χ1) is 21.7. The van der Waals surface area contributed by atoms with E-state index in [4.69, 9.17) is 0 Å². The summed E-state index contributed by atoms with van der Waals surface area (Å²) in [5, 5.41) is 3.27. The summed E-state index contributed by atoms with van der Waals surface area (Å²) < 4.78 is 0. The number of hydrogen-bond acceptors (Lipinski definition) is 3. The third-order valence-electron chi connectivity index (χ3n) is 9.03. The average Bonchev–Trinajstić information content (AvgIpc) is 3.05. The molecule has 0 aliphatic carbocycles. The molecule has 6 nitrogen and oxygen atoms in total. The lowest BCUT2D eigenvalue weighted by atomic mass is 9.94. The first kappa shape index (κ1) is 36.1. The molecule has 2 saturated heterocycles. The van der Waals surface area contributed by atoms with Gasteiger partial charge in [0.25, 0.3) is 0 Å². The molecule has 0 spiro atoms. The molecule has 4 rings (SSSR count). The number of carbonyl (C=O) groups is 2. The maximum Gasteiger partial charge on any atom is 0.317 e. The predicted octanol–water partition coefficient (Wildman–Crippen LogP) is 8.61. The number of likely N-dealkylation sites (tertiary alicyclic amines) is 2. The topological polar surface area (TPSA) is 55.9 Å². The monoisotopic (exact) mass is 614 g/mol. The highest BCUT2D eigenvalue weighted by Gasteiger charge is 2.31. The molecular formula is C39H58N4O2. The number of allylic oxidation sites excluding steroid dienone is 3. The number of piperidine rings is 2. The van der Waals surface area contributed by atoms with Gasteiger partial charge in [0, 0.05) is 31.7 Å². The summed E-state index contributed by atoms with van der Waals surface area (Å²) >= 11 is 0. The Morgan fingerprint density at radius 2 is 1.67 bits per heavy atom. The normalized spacial score (nSPS) is 17.5. The molecule has 0 radical (unpaired) electrons. The highest BCUT2D eigenvalue weighted by molar-refractivity contribution is 5.93. The molecule has 3 amide bonds. The van der Waals surface area contributed by atoms with Gasteiger partial charge in [0.15, 0.2) is 0 Å². The van der Waals surface area contributed by atoms with E-state index in [1.165, 1.54) is 57.3 Å². The third-order valence-corrected chi connectivity index (χ3v) is 9.03. The Morgan fingerprint density at radius 1 is 0.978 bits per heavy atom. The van der Waals surface area contributed by atoms with Crippen molar-refractivity contribution in [1.82, 2.24) is 15.1 Å². The van der Waals surface area contributed by atoms with Crippen molar-refractivity contribution in [3.63, 3.8) is 0 Å². The van der Waals surface area contributed by atoms with E-state index >= 15 is 0 Å². The first-order valence-electron chi connectivity index (χ1n) is 17.2. The van der Waals surface area contributed by atoms with Gasteiger partial charge in [0.1, 0.15) is 0 Å². The van der Waals surface area contributed by atoms with Crippen LogP contribution >= 0.6 is 0 Å². The third kappa shape index (κ3) is 11.5. The summed E-state index contributed by atoms with van der Waals surface area (Å²) in [6.45, 7) is 17.4. The summed E-state index contributed by atoms with van der Waals surface area (Å²) in [6.07, 6.45) is 16.7. The van der Waals surface area contributed by atoms with Crippen LogP contribution in [0.2, 0.25) is 0 Å². The van der Waals surface area contributed by atoms with Crippen molar-refractivity contribution in [2.45, 2.75) is 98.6 Å². The lowest BCUT2D eigenvalue weighted by molar-refractivity contribution is -0.117. The van der Waals surface area contributed by atoms with Crippen LogP contribution in [0.5, 0.6) is 0 Å². The van der Waals surface area contributed by atoms with E-state index in [2.05, 4.69) is 68.3 Å². The standard InChI is InChI=1S/C30H39N3O2.C9H19N/c1-6-7-9-12-23(3)29(26-13-10-8-11-14-26)31-30(35)32-19-17-27(18-20-32)33(25(5)34)28-16-15-22(2)21-24(28)4;1-2-3-7-10-8-5-4-6-9-10/h6-16,21,23,27,29H,17-20H2,1-5H3,(H,31,35);2-9H2,1H3/b7-6-,12-9-;. The fraction of sp³-hybridized carbons (Fsp3) is 0.538. The van der Waals surface area contributed by atoms with Crippen LogP contribution in [0.4, 0.5) is 10.5 Å². The lowest BCUT2D eigenvalue weighted by Gasteiger charge is -2.39. The molecule has 2 heterocycles. The Kier molecular flexibility index (Phi) is 15.4. The van der Waals surface area contributed by atoms with Crippen LogP contribution in [0.1, 0.15) is 95.4 Å².